The van der Waals surface area contributed by atoms with E-state index in [1.54, 1.807) is 0 Å². The van der Waals surface area contributed by atoms with Gasteiger partial charge in [0.1, 0.15) is 0 Å². The summed E-state index contributed by atoms with van der Waals surface area (Å²) in [6.07, 6.45) is 7.74. The number of hydrogen-bond donors (Lipinski definition) is 2. The van der Waals surface area contributed by atoms with Crippen molar-refractivity contribution in [1.29, 1.82) is 0 Å². The summed E-state index contributed by atoms with van der Waals surface area (Å²) in [4.78, 5) is 2.46. The summed E-state index contributed by atoms with van der Waals surface area (Å²) < 4.78 is 11.2. The van der Waals surface area contributed by atoms with E-state index in [0.29, 0.717) is 0 Å². The first-order chi connectivity index (χ1) is 13.1. The Hall–Kier alpha value is -1.82. The Morgan fingerprint density at radius 1 is 1.07 bits per heavy atom. The second-order valence-electron chi connectivity index (χ2n) is 7.03. The second-order valence-corrected chi connectivity index (χ2v) is 7.03. The fraction of sp³-hybridized carbons (Fsp3) is 0.545. The Balaban J connectivity index is 1.90. The number of anilines is 1. The molecule has 0 amide bonds. The summed E-state index contributed by atoms with van der Waals surface area (Å²) in [5.74, 6) is 0. The zero-order valence-electron chi connectivity index (χ0n) is 17.0. The molecule has 0 bridgehead atoms. The van der Waals surface area contributed by atoms with Gasteiger partial charge in [0.15, 0.2) is 0 Å². The van der Waals surface area contributed by atoms with Crippen molar-refractivity contribution in [2.75, 3.05) is 45.3 Å². The molecule has 0 spiro atoms. The number of nitrogens with two attached hydrogens (primary N) is 1. The van der Waals surface area contributed by atoms with Gasteiger partial charge in [0.05, 0.1) is 13.2 Å². The van der Waals surface area contributed by atoms with Gasteiger partial charge in [0.25, 0.3) is 0 Å². The molecular weight excluding hydrogens is 338 g/mol. The maximum atomic E-state index is 5.75. The smallest absolute Gasteiger partial charge is 0.0593 e. The zero-order valence-corrected chi connectivity index (χ0v) is 17.0. The number of benzene rings is 1. The zero-order chi connectivity index (χ0) is 19.5. The maximum absolute atomic E-state index is 5.75. The van der Waals surface area contributed by atoms with Crippen LogP contribution in [-0.4, -0.2) is 50.0 Å². The molecule has 1 aliphatic rings. The molecule has 0 saturated heterocycles. The monoisotopic (exact) mass is 373 g/mol. The lowest BCUT2D eigenvalue weighted by Crippen LogP contribution is -2.48. The third-order valence-electron chi connectivity index (χ3n) is 4.98. The largest absolute Gasteiger partial charge is 0.399 e. The van der Waals surface area contributed by atoms with Gasteiger partial charge in [-0.25, -0.2) is 0 Å². The first-order valence-corrected chi connectivity index (χ1v) is 9.95. The minimum Gasteiger partial charge on any atom is -0.399 e. The fourth-order valence-electron chi connectivity index (χ4n) is 3.19. The summed E-state index contributed by atoms with van der Waals surface area (Å²) >= 11 is 0. The van der Waals surface area contributed by atoms with E-state index >= 15 is 0 Å². The Morgan fingerprint density at radius 2 is 1.70 bits per heavy atom. The van der Waals surface area contributed by atoms with Gasteiger partial charge in [-0.1, -0.05) is 24.3 Å². The molecule has 1 aromatic carbocycles. The standard InChI is InChI=1S/C22H35N3O2/c1-4-26-16-14-25(15-17-27-5-2)22(3)12-10-21(11-13-22)24-18-19-6-8-20(23)9-7-19/h6-12,24H,4-5,13-18,23H2,1-3H3. The lowest BCUT2D eigenvalue weighted by atomic mass is 9.90. The lowest BCUT2D eigenvalue weighted by molar-refractivity contribution is 0.0450. The van der Waals surface area contributed by atoms with Gasteiger partial charge in [-0.2, -0.15) is 0 Å². The fourth-order valence-corrected chi connectivity index (χ4v) is 3.19. The van der Waals surface area contributed by atoms with Crippen molar-refractivity contribution in [1.82, 2.24) is 10.2 Å². The number of hydrogen-bond acceptors (Lipinski definition) is 5. The van der Waals surface area contributed by atoms with Crippen molar-refractivity contribution in [3.63, 3.8) is 0 Å². The molecule has 2 rings (SSSR count). The SMILES string of the molecule is CCOCCN(CCOCC)C1(C)C=CC(NCc2ccc(N)cc2)=CC1. The topological polar surface area (TPSA) is 59.8 Å². The van der Waals surface area contributed by atoms with Gasteiger partial charge >= 0.3 is 0 Å². The molecule has 150 valence electrons. The number of nitrogens with zero attached hydrogens (tertiary/aromatic N) is 1. The van der Waals surface area contributed by atoms with Crippen LogP contribution in [0.25, 0.3) is 0 Å². The Morgan fingerprint density at radius 3 is 2.22 bits per heavy atom. The molecule has 0 aliphatic heterocycles. The number of ether oxygens (including phenoxy) is 2. The predicted molar refractivity (Wildman–Crippen MR) is 112 cm³/mol. The van der Waals surface area contributed by atoms with Gasteiger partial charge in [0, 0.05) is 49.8 Å². The van der Waals surface area contributed by atoms with Gasteiger partial charge in [-0.3, -0.25) is 4.90 Å². The van der Waals surface area contributed by atoms with E-state index in [1.165, 1.54) is 11.3 Å². The van der Waals surface area contributed by atoms with E-state index in [-0.39, 0.29) is 5.54 Å². The Bertz CT molecular complexity index is 602. The van der Waals surface area contributed by atoms with E-state index in [1.807, 2.05) is 26.0 Å². The van der Waals surface area contributed by atoms with E-state index in [0.717, 1.165) is 58.2 Å². The molecule has 0 heterocycles. The van der Waals surface area contributed by atoms with Crippen LogP contribution in [0.2, 0.25) is 0 Å². The van der Waals surface area contributed by atoms with Crippen molar-refractivity contribution < 1.29 is 9.47 Å². The van der Waals surface area contributed by atoms with Crippen molar-refractivity contribution in [2.24, 2.45) is 0 Å². The van der Waals surface area contributed by atoms with Gasteiger partial charge in [0.2, 0.25) is 0 Å². The lowest BCUT2D eigenvalue weighted by Gasteiger charge is -2.40. The molecule has 0 fully saturated rings. The van der Waals surface area contributed by atoms with Gasteiger partial charge < -0.3 is 20.5 Å². The quantitative estimate of drug-likeness (QED) is 0.435. The molecule has 1 aliphatic carbocycles. The van der Waals surface area contributed by atoms with Crippen molar-refractivity contribution >= 4 is 5.69 Å². The minimum absolute atomic E-state index is 0.0133. The van der Waals surface area contributed by atoms with E-state index < -0.39 is 0 Å². The molecule has 3 N–H and O–H groups in total. The summed E-state index contributed by atoms with van der Waals surface area (Å²) in [6, 6.07) is 7.99. The summed E-state index contributed by atoms with van der Waals surface area (Å²) in [5.41, 5.74) is 8.92. The second kappa shape index (κ2) is 11.1. The van der Waals surface area contributed by atoms with E-state index in [4.69, 9.17) is 15.2 Å². The molecule has 1 aromatic rings. The van der Waals surface area contributed by atoms with Crippen LogP contribution in [0.15, 0.2) is 48.2 Å². The molecule has 0 radical (unpaired) electrons. The van der Waals surface area contributed by atoms with Crippen LogP contribution < -0.4 is 11.1 Å². The van der Waals surface area contributed by atoms with Crippen LogP contribution >= 0.6 is 0 Å². The normalized spacial score (nSPS) is 19.3. The molecule has 27 heavy (non-hydrogen) atoms. The van der Waals surface area contributed by atoms with Crippen LogP contribution in [0, 0.1) is 0 Å². The molecule has 5 heteroatoms. The predicted octanol–water partition coefficient (Wildman–Crippen LogP) is 3.34. The van der Waals surface area contributed by atoms with Crippen LogP contribution in [0.3, 0.4) is 0 Å². The van der Waals surface area contributed by atoms with Crippen LogP contribution in [-0.2, 0) is 16.0 Å². The maximum Gasteiger partial charge on any atom is 0.0593 e. The summed E-state index contributed by atoms with van der Waals surface area (Å²) in [7, 11) is 0. The van der Waals surface area contributed by atoms with E-state index in [2.05, 4.69) is 47.5 Å². The Kier molecular flexibility index (Phi) is 8.85. The highest BCUT2D eigenvalue weighted by Crippen LogP contribution is 2.26. The first-order valence-electron chi connectivity index (χ1n) is 9.95. The number of nitrogens with one attached hydrogen (secondary N) is 1. The highest BCUT2D eigenvalue weighted by atomic mass is 16.5. The number of allylic oxidation sites excluding steroid dienone is 1. The highest BCUT2D eigenvalue weighted by Gasteiger charge is 2.29. The Labute approximate surface area is 164 Å². The highest BCUT2D eigenvalue weighted by molar-refractivity contribution is 5.39. The first kappa shape index (κ1) is 21.5. The average Bonchev–Trinajstić information content (AvgIpc) is 2.68. The van der Waals surface area contributed by atoms with Crippen molar-refractivity contribution in [3.8, 4) is 0 Å². The van der Waals surface area contributed by atoms with Crippen LogP contribution in [0.1, 0.15) is 32.8 Å². The summed E-state index contributed by atoms with van der Waals surface area (Å²) in [5, 5.41) is 3.50. The number of rotatable bonds is 12. The molecule has 0 aromatic heterocycles. The molecular formula is C22H35N3O2. The molecule has 5 nitrogen and oxygen atoms in total. The minimum atomic E-state index is -0.0133. The molecule has 0 saturated carbocycles. The molecule has 1 unspecified atom stereocenters. The third-order valence-corrected chi connectivity index (χ3v) is 4.98. The van der Waals surface area contributed by atoms with E-state index in [9.17, 15) is 0 Å². The van der Waals surface area contributed by atoms with Crippen molar-refractivity contribution in [2.45, 2.75) is 39.3 Å². The molecule has 1 atom stereocenters. The average molecular weight is 374 g/mol. The van der Waals surface area contributed by atoms with Crippen LogP contribution in [0.5, 0.6) is 0 Å². The van der Waals surface area contributed by atoms with Crippen LogP contribution in [0.4, 0.5) is 5.69 Å². The third kappa shape index (κ3) is 7.01. The van der Waals surface area contributed by atoms with Gasteiger partial charge in [-0.15, -0.1) is 0 Å². The van der Waals surface area contributed by atoms with Crippen molar-refractivity contribution in [3.05, 3.63) is 53.8 Å². The number of nitrogen functional groups attached to an aromatic ring is 1. The summed E-state index contributed by atoms with van der Waals surface area (Å²) in [6.45, 7) is 12.0. The van der Waals surface area contributed by atoms with Gasteiger partial charge in [-0.05, 0) is 51.0 Å².